The summed E-state index contributed by atoms with van der Waals surface area (Å²) in [4.78, 5) is 40.7. The van der Waals surface area contributed by atoms with Crippen molar-refractivity contribution in [2.75, 3.05) is 26.7 Å². The van der Waals surface area contributed by atoms with E-state index in [0.29, 0.717) is 30.2 Å². The number of piperidine rings is 1. The Morgan fingerprint density at radius 1 is 1.14 bits per heavy atom. The fourth-order valence-corrected chi connectivity index (χ4v) is 4.94. The molecule has 0 aromatic heterocycles. The number of ether oxygens (including phenoxy) is 2. The summed E-state index contributed by atoms with van der Waals surface area (Å²) in [6.07, 6.45) is 4.51. The lowest BCUT2D eigenvalue weighted by Crippen LogP contribution is -2.44. The van der Waals surface area contributed by atoms with Crippen molar-refractivity contribution in [3.05, 3.63) is 63.3 Å². The minimum Gasteiger partial charge on any atom is -0.493 e. The van der Waals surface area contributed by atoms with Crippen molar-refractivity contribution in [2.45, 2.75) is 25.9 Å². The number of imide groups is 1. The molecule has 184 valence electrons. The van der Waals surface area contributed by atoms with Crippen LogP contribution in [0.15, 0.2) is 41.3 Å². The van der Waals surface area contributed by atoms with E-state index < -0.39 is 17.0 Å². The fraction of sp³-hybridized carbons (Fsp3) is 0.320. The molecule has 2 heterocycles. The molecule has 0 N–H and O–H groups in total. The van der Waals surface area contributed by atoms with Gasteiger partial charge in [0.05, 0.1) is 17.0 Å². The van der Waals surface area contributed by atoms with Crippen molar-refractivity contribution >= 4 is 46.5 Å². The molecule has 0 bridgehead atoms. The first kappa shape index (κ1) is 25.1. The molecule has 2 aliphatic rings. The Balaban J connectivity index is 1.45. The number of carbonyl (C=O) groups is 3. The Hall–Kier alpha value is -3.04. The number of benzene rings is 2. The molecule has 0 radical (unpaired) electrons. The predicted octanol–water partition coefficient (Wildman–Crippen LogP) is 5.12. The van der Waals surface area contributed by atoms with Crippen LogP contribution in [0.3, 0.4) is 0 Å². The Labute approximate surface area is 211 Å². The van der Waals surface area contributed by atoms with E-state index in [2.05, 4.69) is 0 Å². The normalized spacial score (nSPS) is 17.3. The molecule has 0 saturated carbocycles. The smallest absolute Gasteiger partial charge is 0.294 e. The fourth-order valence-electron chi connectivity index (χ4n) is 3.88. The Morgan fingerprint density at radius 2 is 1.91 bits per heavy atom. The molecule has 2 aromatic carbocycles. The molecule has 10 heteroatoms. The van der Waals surface area contributed by atoms with E-state index in [4.69, 9.17) is 21.1 Å². The van der Waals surface area contributed by atoms with Gasteiger partial charge in [0.2, 0.25) is 5.91 Å². The molecule has 0 aliphatic carbocycles. The lowest BCUT2D eigenvalue weighted by Gasteiger charge is -2.27. The van der Waals surface area contributed by atoms with Gasteiger partial charge in [0.25, 0.3) is 11.1 Å². The van der Waals surface area contributed by atoms with Gasteiger partial charge in [-0.25, -0.2) is 4.39 Å². The maximum atomic E-state index is 14.0. The number of rotatable bonds is 7. The SMILES string of the molecule is COc1cc(/C=C2\SC(=O)N(CC(=O)N3CCCCC3)C2=O)ccc1OCc1c(F)cccc1Cl. The third-order valence-electron chi connectivity index (χ3n) is 5.79. The highest BCUT2D eigenvalue weighted by Crippen LogP contribution is 2.35. The van der Waals surface area contributed by atoms with Crippen LogP contribution in [0.5, 0.6) is 11.5 Å². The van der Waals surface area contributed by atoms with Crippen LogP contribution in [0.1, 0.15) is 30.4 Å². The highest BCUT2D eigenvalue weighted by Gasteiger charge is 2.37. The average molecular weight is 519 g/mol. The van der Waals surface area contributed by atoms with Gasteiger partial charge in [0.15, 0.2) is 11.5 Å². The lowest BCUT2D eigenvalue weighted by atomic mass is 10.1. The zero-order valence-electron chi connectivity index (χ0n) is 19.1. The molecule has 2 saturated heterocycles. The highest BCUT2D eigenvalue weighted by molar-refractivity contribution is 8.18. The number of thioether (sulfide) groups is 1. The second-order valence-electron chi connectivity index (χ2n) is 8.11. The first-order valence-electron chi connectivity index (χ1n) is 11.1. The van der Waals surface area contributed by atoms with Crippen LogP contribution in [0.4, 0.5) is 9.18 Å². The van der Waals surface area contributed by atoms with Crippen LogP contribution in [0.2, 0.25) is 5.02 Å². The van der Waals surface area contributed by atoms with E-state index in [1.54, 1.807) is 35.2 Å². The van der Waals surface area contributed by atoms with Gasteiger partial charge in [-0.1, -0.05) is 23.7 Å². The van der Waals surface area contributed by atoms with Crippen LogP contribution in [-0.4, -0.2) is 53.6 Å². The summed E-state index contributed by atoms with van der Waals surface area (Å²) in [6.45, 7) is 0.965. The van der Waals surface area contributed by atoms with Crippen molar-refractivity contribution in [3.8, 4) is 11.5 Å². The molecule has 3 amide bonds. The summed E-state index contributed by atoms with van der Waals surface area (Å²) in [6, 6.07) is 9.36. The molecule has 4 rings (SSSR count). The summed E-state index contributed by atoms with van der Waals surface area (Å²) in [5.41, 5.74) is 0.832. The summed E-state index contributed by atoms with van der Waals surface area (Å²) < 4.78 is 25.1. The van der Waals surface area contributed by atoms with E-state index in [0.717, 1.165) is 35.9 Å². The van der Waals surface area contributed by atoms with Gasteiger partial charge in [-0.15, -0.1) is 0 Å². The van der Waals surface area contributed by atoms with Crippen molar-refractivity contribution in [1.82, 2.24) is 9.80 Å². The van der Waals surface area contributed by atoms with Gasteiger partial charge in [-0.05, 0) is 66.9 Å². The van der Waals surface area contributed by atoms with Crippen molar-refractivity contribution in [2.24, 2.45) is 0 Å². The number of likely N-dealkylation sites (tertiary alicyclic amines) is 1. The number of nitrogens with zero attached hydrogens (tertiary/aromatic N) is 2. The molecular weight excluding hydrogens is 495 g/mol. The summed E-state index contributed by atoms with van der Waals surface area (Å²) in [7, 11) is 1.46. The van der Waals surface area contributed by atoms with E-state index in [1.807, 2.05) is 0 Å². The number of amides is 3. The van der Waals surface area contributed by atoms with E-state index in [1.165, 1.54) is 19.2 Å². The Morgan fingerprint density at radius 3 is 2.63 bits per heavy atom. The summed E-state index contributed by atoms with van der Waals surface area (Å²) in [5.74, 6) is -0.456. The second kappa shape index (κ2) is 11.1. The Kier molecular flexibility index (Phi) is 7.97. The predicted molar refractivity (Wildman–Crippen MR) is 132 cm³/mol. The highest BCUT2D eigenvalue weighted by atomic mass is 35.5. The number of hydrogen-bond acceptors (Lipinski definition) is 6. The number of carbonyl (C=O) groups excluding carboxylic acids is 3. The van der Waals surface area contributed by atoms with E-state index in [-0.39, 0.29) is 34.6 Å². The largest absolute Gasteiger partial charge is 0.493 e. The molecule has 0 unspecified atom stereocenters. The van der Waals surface area contributed by atoms with Gasteiger partial charge < -0.3 is 14.4 Å². The molecular formula is C25H24ClFN2O5S. The van der Waals surface area contributed by atoms with Crippen LogP contribution >= 0.6 is 23.4 Å². The molecule has 7 nitrogen and oxygen atoms in total. The van der Waals surface area contributed by atoms with Gasteiger partial charge in [-0.3, -0.25) is 19.3 Å². The van der Waals surface area contributed by atoms with Crippen LogP contribution < -0.4 is 9.47 Å². The molecule has 2 fully saturated rings. The van der Waals surface area contributed by atoms with Gasteiger partial charge in [-0.2, -0.15) is 0 Å². The zero-order chi connectivity index (χ0) is 24.9. The third-order valence-corrected chi connectivity index (χ3v) is 7.06. The lowest BCUT2D eigenvalue weighted by molar-refractivity contribution is -0.136. The van der Waals surface area contributed by atoms with E-state index >= 15 is 0 Å². The van der Waals surface area contributed by atoms with Crippen LogP contribution in [0, 0.1) is 5.82 Å². The average Bonchev–Trinajstić information content (AvgIpc) is 3.12. The standard InChI is InChI=1S/C25H24ClFN2O5S/c1-33-21-12-16(8-9-20(21)34-15-17-18(26)6-5-7-19(17)27)13-22-24(31)29(25(32)35-22)14-23(30)28-10-3-2-4-11-28/h5-9,12-13H,2-4,10-11,14-15H2,1H3/b22-13-. The van der Waals surface area contributed by atoms with Gasteiger partial charge in [0, 0.05) is 18.7 Å². The summed E-state index contributed by atoms with van der Waals surface area (Å²) >= 11 is 6.85. The minimum atomic E-state index is -0.501. The summed E-state index contributed by atoms with van der Waals surface area (Å²) in [5, 5.41) is -0.213. The van der Waals surface area contributed by atoms with Crippen molar-refractivity contribution < 1.29 is 28.2 Å². The molecule has 2 aromatic rings. The first-order valence-corrected chi connectivity index (χ1v) is 12.3. The molecule has 35 heavy (non-hydrogen) atoms. The number of hydrogen-bond donors (Lipinski definition) is 0. The number of methoxy groups -OCH3 is 1. The monoisotopic (exact) mass is 518 g/mol. The molecule has 0 spiro atoms. The molecule has 2 aliphatic heterocycles. The molecule has 0 atom stereocenters. The third kappa shape index (κ3) is 5.79. The quantitative estimate of drug-likeness (QED) is 0.474. The topological polar surface area (TPSA) is 76.2 Å². The van der Waals surface area contributed by atoms with Crippen LogP contribution in [-0.2, 0) is 16.2 Å². The van der Waals surface area contributed by atoms with Gasteiger partial charge >= 0.3 is 0 Å². The van der Waals surface area contributed by atoms with Gasteiger partial charge in [0.1, 0.15) is 19.0 Å². The number of halogens is 2. The van der Waals surface area contributed by atoms with Crippen LogP contribution in [0.25, 0.3) is 6.08 Å². The second-order valence-corrected chi connectivity index (χ2v) is 9.51. The Bertz CT molecular complexity index is 1160. The van der Waals surface area contributed by atoms with E-state index in [9.17, 15) is 18.8 Å². The zero-order valence-corrected chi connectivity index (χ0v) is 20.7. The van der Waals surface area contributed by atoms with Crippen molar-refractivity contribution in [1.29, 1.82) is 0 Å². The minimum absolute atomic E-state index is 0.0921. The maximum Gasteiger partial charge on any atom is 0.294 e. The van der Waals surface area contributed by atoms with Crippen molar-refractivity contribution in [3.63, 3.8) is 0 Å². The maximum absolute atomic E-state index is 14.0. The first-order chi connectivity index (χ1) is 16.9.